The normalized spacial score (nSPS) is 11.8. The fourth-order valence-corrected chi connectivity index (χ4v) is 0.173. The molecule has 0 radical (unpaired) electrons. The number of aliphatic hydroxyl groups is 1. The van der Waals surface area contributed by atoms with Crippen LogP contribution in [-0.4, -0.2) is 54.3 Å². The summed E-state index contributed by atoms with van der Waals surface area (Å²) < 4.78 is 4.43. The van der Waals surface area contributed by atoms with Crippen molar-refractivity contribution in [2.75, 3.05) is 13.7 Å². The molecular formula is C4H10MgO3. The molecule has 3 nitrogen and oxygen atoms in total. The van der Waals surface area contributed by atoms with Crippen LogP contribution in [0.3, 0.4) is 0 Å². The average Bonchev–Trinajstić information content (AvgIpc) is 1.72. The van der Waals surface area contributed by atoms with Gasteiger partial charge in [0.25, 0.3) is 0 Å². The fraction of sp³-hybridized carbons (Fsp3) is 0.750. The molecule has 0 rings (SSSR count). The summed E-state index contributed by atoms with van der Waals surface area (Å²) in [7, 11) is 1.37. The molecule has 0 aromatic carbocycles. The minimum Gasteiger partial charge on any atom is -1.00 e. The van der Waals surface area contributed by atoms with Crippen LogP contribution >= 0.6 is 0 Å². The molecule has 1 atom stereocenters. The van der Waals surface area contributed by atoms with Crippen molar-refractivity contribution < 1.29 is 17.5 Å². The Morgan fingerprint density at radius 3 is 2.50 bits per heavy atom. The third kappa shape index (κ3) is 4.51. The van der Waals surface area contributed by atoms with Crippen LogP contribution < -0.4 is 0 Å². The molecule has 0 aromatic heterocycles. The van der Waals surface area contributed by atoms with E-state index in [0.717, 1.165) is 0 Å². The molecule has 0 saturated heterocycles. The molecule has 46 valence electrons. The van der Waals surface area contributed by atoms with Crippen LogP contribution in [0.5, 0.6) is 0 Å². The smallest absolute Gasteiger partial charge is 1.00 e. The molecule has 1 unspecified atom stereocenters. The number of carbonyl (C=O) groups is 1. The van der Waals surface area contributed by atoms with Crippen LogP contribution in [-0.2, 0) is 9.53 Å². The first-order valence-corrected chi connectivity index (χ1v) is 1.94. The van der Waals surface area contributed by atoms with Gasteiger partial charge in [0.05, 0.1) is 6.61 Å². The van der Waals surface area contributed by atoms with Gasteiger partial charge < -0.3 is 17.5 Å². The van der Waals surface area contributed by atoms with E-state index in [9.17, 15) is 4.79 Å². The summed E-state index contributed by atoms with van der Waals surface area (Å²) in [6.45, 7) is -0.236. The Kier molecular flexibility index (Phi) is 10.3. The Bertz CT molecular complexity index is 60.5. The second-order valence-corrected chi connectivity index (χ2v) is 1.09. The van der Waals surface area contributed by atoms with E-state index in [2.05, 4.69) is 4.74 Å². The maximum absolute atomic E-state index is 9.68. The number of aliphatic hydroxyl groups excluding tert-OH is 1. The molecule has 8 heavy (non-hydrogen) atoms. The van der Waals surface area contributed by atoms with Crippen LogP contribution in [0.25, 0.3) is 0 Å². The fourth-order valence-electron chi connectivity index (χ4n) is 0.173. The molecule has 1 N–H and O–H groups in total. The summed E-state index contributed by atoms with van der Waals surface area (Å²) >= 11 is 0. The third-order valence-corrected chi connectivity index (χ3v) is 0.634. The number of hydrogen-bond acceptors (Lipinski definition) is 3. The quantitative estimate of drug-likeness (QED) is 0.395. The van der Waals surface area contributed by atoms with Gasteiger partial charge >= 0.3 is 23.1 Å². The van der Waals surface area contributed by atoms with Gasteiger partial charge in [0, 0.05) is 7.11 Å². The third-order valence-electron chi connectivity index (χ3n) is 0.634. The van der Waals surface area contributed by atoms with Gasteiger partial charge in [0.1, 0.15) is 6.10 Å². The van der Waals surface area contributed by atoms with Gasteiger partial charge in [-0.2, -0.15) is 0 Å². The van der Waals surface area contributed by atoms with Gasteiger partial charge in [-0.1, -0.05) is 0 Å². The van der Waals surface area contributed by atoms with E-state index in [1.165, 1.54) is 7.11 Å². The van der Waals surface area contributed by atoms with Crippen molar-refractivity contribution in [3.8, 4) is 0 Å². The second kappa shape index (κ2) is 7.36. The number of ether oxygens (including phenoxy) is 1. The maximum Gasteiger partial charge on any atom is 2.00 e. The van der Waals surface area contributed by atoms with Crippen LogP contribution in [0, 0.1) is 0 Å². The SMILES string of the molecule is COC(C=O)CO.[H-].[H-].[Mg+2]. The molecule has 0 aliphatic carbocycles. The Balaban J connectivity index is -0.0000000600. The molecule has 0 amide bonds. The summed E-state index contributed by atoms with van der Waals surface area (Å²) in [5.41, 5.74) is 0. The number of rotatable bonds is 3. The van der Waals surface area contributed by atoms with E-state index in [1.54, 1.807) is 0 Å². The summed E-state index contributed by atoms with van der Waals surface area (Å²) in [6, 6.07) is 0. The summed E-state index contributed by atoms with van der Waals surface area (Å²) in [5, 5.41) is 8.17. The van der Waals surface area contributed by atoms with Gasteiger partial charge in [-0.15, -0.1) is 0 Å². The largest absolute Gasteiger partial charge is 2.00 e. The summed E-state index contributed by atoms with van der Waals surface area (Å²) in [5.74, 6) is 0. The molecule has 0 aliphatic rings. The van der Waals surface area contributed by atoms with E-state index in [0.29, 0.717) is 6.29 Å². The van der Waals surface area contributed by atoms with Crippen LogP contribution in [0.2, 0.25) is 0 Å². The van der Waals surface area contributed by atoms with Crippen molar-refractivity contribution in [1.29, 1.82) is 0 Å². The Morgan fingerprint density at radius 1 is 2.00 bits per heavy atom. The zero-order chi connectivity index (χ0) is 5.70. The molecule has 0 heterocycles. The summed E-state index contributed by atoms with van der Waals surface area (Å²) in [4.78, 5) is 9.68. The summed E-state index contributed by atoms with van der Waals surface area (Å²) in [6.07, 6.45) is -0.0833. The predicted molar refractivity (Wildman–Crippen MR) is 31.9 cm³/mol. The average molecular weight is 130 g/mol. The molecule has 0 aliphatic heterocycles. The first kappa shape index (κ1) is 11.2. The molecule has 0 saturated carbocycles. The van der Waals surface area contributed by atoms with Gasteiger partial charge in [-0.25, -0.2) is 0 Å². The van der Waals surface area contributed by atoms with E-state index >= 15 is 0 Å². The van der Waals surface area contributed by atoms with Crippen LogP contribution in [0.4, 0.5) is 0 Å². The molecule has 0 aromatic rings. The van der Waals surface area contributed by atoms with E-state index in [1.807, 2.05) is 0 Å². The van der Waals surface area contributed by atoms with Crippen molar-refractivity contribution in [3.63, 3.8) is 0 Å². The Labute approximate surface area is 67.1 Å². The minimum absolute atomic E-state index is 0. The van der Waals surface area contributed by atoms with Gasteiger partial charge in [-0.05, 0) is 0 Å². The van der Waals surface area contributed by atoms with E-state index in [4.69, 9.17) is 5.11 Å². The van der Waals surface area contributed by atoms with Crippen LogP contribution in [0.1, 0.15) is 2.85 Å². The van der Waals surface area contributed by atoms with Crippen LogP contribution in [0.15, 0.2) is 0 Å². The topological polar surface area (TPSA) is 46.5 Å². The number of aldehydes is 1. The van der Waals surface area contributed by atoms with Gasteiger partial charge in [0.2, 0.25) is 0 Å². The molecule has 0 bridgehead atoms. The van der Waals surface area contributed by atoms with Crippen molar-refractivity contribution >= 4 is 29.3 Å². The van der Waals surface area contributed by atoms with Crippen molar-refractivity contribution in [1.82, 2.24) is 0 Å². The van der Waals surface area contributed by atoms with Crippen molar-refractivity contribution in [2.24, 2.45) is 0 Å². The number of carbonyl (C=O) groups excluding carboxylic acids is 1. The maximum atomic E-state index is 9.68. The van der Waals surface area contributed by atoms with Crippen molar-refractivity contribution in [3.05, 3.63) is 0 Å². The molecule has 4 heteroatoms. The Hall–Kier alpha value is 0.356. The van der Waals surface area contributed by atoms with Crippen molar-refractivity contribution in [2.45, 2.75) is 6.10 Å². The van der Waals surface area contributed by atoms with Gasteiger partial charge in [-0.3, -0.25) is 0 Å². The standard InChI is InChI=1S/C4H8O3.Mg.2H/c1-7-4(2-5)3-6;;;/h2,4,6H,3H2,1H3;;;/q;+2;2*-1. The molecule has 0 spiro atoms. The zero-order valence-corrected chi connectivity index (χ0v) is 6.25. The number of methoxy groups -OCH3 is 1. The Morgan fingerprint density at radius 2 is 2.50 bits per heavy atom. The monoisotopic (exact) mass is 130 g/mol. The number of hydrogen-bond donors (Lipinski definition) is 1. The first-order chi connectivity index (χ1) is 3.35. The predicted octanol–water partition coefficient (Wildman–Crippen LogP) is -0.963. The second-order valence-electron chi connectivity index (χ2n) is 1.09. The van der Waals surface area contributed by atoms with E-state index < -0.39 is 6.10 Å². The van der Waals surface area contributed by atoms with E-state index in [-0.39, 0.29) is 32.5 Å². The zero-order valence-electron chi connectivity index (χ0n) is 6.83. The molecular weight excluding hydrogens is 120 g/mol. The first-order valence-electron chi connectivity index (χ1n) is 1.94. The van der Waals surface area contributed by atoms with Gasteiger partial charge in [0.15, 0.2) is 6.29 Å². The molecule has 0 fully saturated rings. The minimum atomic E-state index is -0.639.